The molecule has 1 aliphatic rings. The maximum absolute atomic E-state index is 10.8. The van der Waals surface area contributed by atoms with Gasteiger partial charge in [0.1, 0.15) is 11.5 Å². The summed E-state index contributed by atoms with van der Waals surface area (Å²) in [6.07, 6.45) is 0. The molecule has 0 aromatic heterocycles. The number of para-hydroxylation sites is 2. The highest BCUT2D eigenvalue weighted by Gasteiger charge is 2.34. The number of phenolic OH excluding ortho intramolecular Hbond substituents is 2. The molecule has 0 saturated carbocycles. The van der Waals surface area contributed by atoms with E-state index in [1.807, 2.05) is 72.8 Å². The SMILES string of the molecule is Oc1ccc(C2=Nc3ccccc3SC(c3ccccc3O)C2CNc2ccc(Cl)cc2)cc1. The Kier molecular flexibility index (Phi) is 6.48. The van der Waals surface area contributed by atoms with E-state index in [0.717, 1.165) is 33.1 Å². The van der Waals surface area contributed by atoms with Gasteiger partial charge in [0.25, 0.3) is 0 Å². The number of rotatable bonds is 5. The molecule has 0 aliphatic carbocycles. The number of fused-ring (bicyclic) bond motifs is 1. The van der Waals surface area contributed by atoms with Crippen molar-refractivity contribution in [3.05, 3.63) is 113 Å². The number of aliphatic imine (C=N–C) groups is 1. The van der Waals surface area contributed by atoms with Crippen LogP contribution < -0.4 is 5.32 Å². The minimum absolute atomic E-state index is 0.0917. The second-order valence-electron chi connectivity index (χ2n) is 8.10. The van der Waals surface area contributed by atoms with Crippen molar-refractivity contribution in [3.63, 3.8) is 0 Å². The molecule has 4 nitrogen and oxygen atoms in total. The third-order valence-corrected chi connectivity index (χ3v) is 7.54. The van der Waals surface area contributed by atoms with Crippen molar-refractivity contribution in [3.8, 4) is 11.5 Å². The fourth-order valence-electron chi connectivity index (χ4n) is 4.14. The van der Waals surface area contributed by atoms with E-state index in [0.29, 0.717) is 11.6 Å². The fraction of sp³-hybridized carbons (Fsp3) is 0.107. The Balaban J connectivity index is 1.63. The molecule has 0 fully saturated rings. The molecule has 1 aliphatic heterocycles. The number of benzene rings is 4. The topological polar surface area (TPSA) is 64.9 Å². The Morgan fingerprint density at radius 2 is 1.53 bits per heavy atom. The molecule has 4 aromatic carbocycles. The summed E-state index contributed by atoms with van der Waals surface area (Å²) in [7, 11) is 0. The lowest BCUT2D eigenvalue weighted by Gasteiger charge is -2.28. The quantitative estimate of drug-likeness (QED) is 0.274. The van der Waals surface area contributed by atoms with Gasteiger partial charge in [-0.1, -0.05) is 41.9 Å². The van der Waals surface area contributed by atoms with E-state index in [4.69, 9.17) is 16.6 Å². The molecular formula is C28H23ClN2O2S. The first-order valence-electron chi connectivity index (χ1n) is 11.0. The molecule has 0 amide bonds. The van der Waals surface area contributed by atoms with E-state index in [1.165, 1.54) is 0 Å². The summed E-state index contributed by atoms with van der Waals surface area (Å²) >= 11 is 7.78. The molecule has 1 heterocycles. The number of aromatic hydroxyl groups is 2. The Morgan fingerprint density at radius 3 is 2.29 bits per heavy atom. The van der Waals surface area contributed by atoms with E-state index >= 15 is 0 Å². The average Bonchev–Trinajstić information content (AvgIpc) is 3.01. The Bertz CT molecular complexity index is 1320. The van der Waals surface area contributed by atoms with Gasteiger partial charge >= 0.3 is 0 Å². The van der Waals surface area contributed by atoms with Crippen LogP contribution in [0.15, 0.2) is 107 Å². The first kappa shape index (κ1) is 22.4. The van der Waals surface area contributed by atoms with Gasteiger partial charge in [-0.2, -0.15) is 0 Å². The zero-order valence-electron chi connectivity index (χ0n) is 18.2. The third-order valence-electron chi connectivity index (χ3n) is 5.85. The number of nitrogens with one attached hydrogen (secondary N) is 1. The third kappa shape index (κ3) is 4.76. The lowest BCUT2D eigenvalue weighted by atomic mass is 9.89. The molecule has 3 N–H and O–H groups in total. The van der Waals surface area contributed by atoms with Crippen molar-refractivity contribution in [2.24, 2.45) is 10.9 Å². The summed E-state index contributed by atoms with van der Waals surface area (Å²) < 4.78 is 0. The number of hydrogen-bond donors (Lipinski definition) is 3. The molecule has 4 aromatic rings. The lowest BCUT2D eigenvalue weighted by Crippen LogP contribution is -2.28. The van der Waals surface area contributed by atoms with Crippen LogP contribution in [0.4, 0.5) is 11.4 Å². The minimum atomic E-state index is -0.0998. The van der Waals surface area contributed by atoms with E-state index in [-0.39, 0.29) is 22.7 Å². The van der Waals surface area contributed by atoms with Crippen LogP contribution >= 0.6 is 23.4 Å². The number of hydrogen-bond acceptors (Lipinski definition) is 5. The van der Waals surface area contributed by atoms with Crippen LogP contribution in [0.25, 0.3) is 0 Å². The van der Waals surface area contributed by atoms with Gasteiger partial charge in [-0.15, -0.1) is 11.8 Å². The molecule has 0 radical (unpaired) electrons. The zero-order chi connectivity index (χ0) is 23.5. The number of phenols is 2. The highest BCUT2D eigenvalue weighted by molar-refractivity contribution is 7.99. The average molecular weight is 487 g/mol. The molecule has 6 heteroatoms. The fourth-order valence-corrected chi connectivity index (χ4v) is 5.65. The van der Waals surface area contributed by atoms with Crippen LogP contribution in [-0.2, 0) is 0 Å². The second kappa shape index (κ2) is 9.84. The number of anilines is 1. The number of thioether (sulfide) groups is 1. The van der Waals surface area contributed by atoms with Crippen molar-refractivity contribution in [1.82, 2.24) is 0 Å². The maximum Gasteiger partial charge on any atom is 0.119 e. The van der Waals surface area contributed by atoms with Crippen molar-refractivity contribution in [2.75, 3.05) is 11.9 Å². The largest absolute Gasteiger partial charge is 0.508 e. The Labute approximate surface area is 208 Å². The Hall–Kier alpha value is -3.41. The van der Waals surface area contributed by atoms with Crippen LogP contribution in [0.3, 0.4) is 0 Å². The molecular weight excluding hydrogens is 464 g/mol. The van der Waals surface area contributed by atoms with Crippen LogP contribution in [0.2, 0.25) is 5.02 Å². The predicted molar refractivity (Wildman–Crippen MR) is 141 cm³/mol. The first-order chi connectivity index (χ1) is 16.6. The molecule has 0 bridgehead atoms. The highest BCUT2D eigenvalue weighted by Crippen LogP contribution is 2.50. The van der Waals surface area contributed by atoms with Gasteiger partial charge in [0.2, 0.25) is 0 Å². The highest BCUT2D eigenvalue weighted by atomic mass is 35.5. The lowest BCUT2D eigenvalue weighted by molar-refractivity contribution is 0.464. The molecule has 5 rings (SSSR count). The monoisotopic (exact) mass is 486 g/mol. The van der Waals surface area contributed by atoms with Crippen LogP contribution in [0.5, 0.6) is 11.5 Å². The van der Waals surface area contributed by atoms with Gasteiger partial charge < -0.3 is 15.5 Å². The van der Waals surface area contributed by atoms with Crippen LogP contribution in [-0.4, -0.2) is 22.5 Å². The van der Waals surface area contributed by atoms with Crippen molar-refractivity contribution < 1.29 is 10.2 Å². The van der Waals surface area contributed by atoms with Crippen LogP contribution in [0, 0.1) is 5.92 Å². The van der Waals surface area contributed by atoms with E-state index < -0.39 is 0 Å². The molecule has 2 unspecified atom stereocenters. The molecule has 170 valence electrons. The van der Waals surface area contributed by atoms with Gasteiger partial charge in [0.15, 0.2) is 0 Å². The molecule has 0 saturated heterocycles. The summed E-state index contributed by atoms with van der Waals surface area (Å²) in [6.45, 7) is 0.585. The van der Waals surface area contributed by atoms with E-state index in [2.05, 4.69) is 11.4 Å². The zero-order valence-corrected chi connectivity index (χ0v) is 19.8. The molecule has 0 spiro atoms. The molecule has 34 heavy (non-hydrogen) atoms. The summed E-state index contributed by atoms with van der Waals surface area (Å²) in [6, 6.07) is 30.3. The van der Waals surface area contributed by atoms with Crippen molar-refractivity contribution in [1.29, 1.82) is 0 Å². The minimum Gasteiger partial charge on any atom is -0.508 e. The Morgan fingerprint density at radius 1 is 0.824 bits per heavy atom. The van der Waals surface area contributed by atoms with E-state index in [9.17, 15) is 10.2 Å². The summed E-state index contributed by atoms with van der Waals surface area (Å²) in [5.41, 5.74) is 4.53. The van der Waals surface area contributed by atoms with Crippen molar-refractivity contribution in [2.45, 2.75) is 10.1 Å². The first-order valence-corrected chi connectivity index (χ1v) is 12.3. The van der Waals surface area contributed by atoms with Gasteiger partial charge in [-0.3, -0.25) is 4.99 Å². The second-order valence-corrected chi connectivity index (χ2v) is 9.72. The normalized spacial score (nSPS) is 17.4. The van der Waals surface area contributed by atoms with Crippen molar-refractivity contribution >= 4 is 40.4 Å². The standard InChI is InChI=1S/C28H23ClN2O2S/c29-19-11-13-20(14-12-19)30-17-23-27(18-9-15-21(32)16-10-18)31-24-6-2-4-8-26(24)34-28(23)22-5-1-3-7-25(22)33/h1-16,23,28,30,32-33H,17H2. The van der Waals surface area contributed by atoms with E-state index in [1.54, 1.807) is 30.0 Å². The summed E-state index contributed by atoms with van der Waals surface area (Å²) in [4.78, 5) is 6.18. The smallest absolute Gasteiger partial charge is 0.119 e. The summed E-state index contributed by atoms with van der Waals surface area (Å²) in [5.74, 6) is 0.382. The number of nitrogens with zero attached hydrogens (tertiary/aromatic N) is 1. The number of halogens is 1. The molecule has 2 atom stereocenters. The predicted octanol–water partition coefficient (Wildman–Crippen LogP) is 7.45. The summed E-state index contributed by atoms with van der Waals surface area (Å²) in [5, 5.41) is 24.8. The van der Waals surface area contributed by atoms with Gasteiger partial charge in [-0.25, -0.2) is 0 Å². The maximum atomic E-state index is 10.8. The van der Waals surface area contributed by atoms with Gasteiger partial charge in [-0.05, 0) is 72.3 Å². The van der Waals surface area contributed by atoms with Gasteiger partial charge in [0, 0.05) is 38.9 Å². The van der Waals surface area contributed by atoms with Gasteiger partial charge in [0.05, 0.1) is 11.4 Å². The van der Waals surface area contributed by atoms with Crippen LogP contribution in [0.1, 0.15) is 16.4 Å².